The van der Waals surface area contributed by atoms with Crippen molar-refractivity contribution in [2.24, 2.45) is 11.7 Å². The molecule has 1 aliphatic rings. The lowest BCUT2D eigenvalue weighted by atomic mass is 10.1. The number of H-pyrrole nitrogens is 1. The summed E-state index contributed by atoms with van der Waals surface area (Å²) in [5, 5.41) is 4.04. The number of fused-ring (bicyclic) bond motifs is 1. The Morgan fingerprint density at radius 3 is 2.95 bits per heavy atom. The molecule has 0 aliphatic heterocycles. The molecule has 100 valence electrons. The average molecular weight is 257 g/mol. The van der Waals surface area contributed by atoms with Crippen LogP contribution < -0.4 is 16.5 Å². The number of hydrogen-bond donors (Lipinski definition) is 3. The van der Waals surface area contributed by atoms with Crippen LogP contribution in [-0.2, 0) is 0 Å². The first-order valence-electron chi connectivity index (χ1n) is 6.85. The van der Waals surface area contributed by atoms with Crippen LogP contribution >= 0.6 is 0 Å². The number of benzene rings is 1. The third-order valence-corrected chi connectivity index (χ3v) is 4.01. The lowest BCUT2D eigenvalue weighted by Gasteiger charge is -2.16. The maximum atomic E-state index is 12.0. The molecule has 0 amide bonds. The Morgan fingerprint density at radius 1 is 1.32 bits per heavy atom. The van der Waals surface area contributed by atoms with Crippen molar-refractivity contribution in [2.75, 3.05) is 11.9 Å². The minimum absolute atomic E-state index is 0.0487. The fraction of sp³-hybridized carbons (Fsp3) is 0.400. The molecule has 4 heteroatoms. The summed E-state index contributed by atoms with van der Waals surface area (Å²) in [5.74, 6) is 1.29. The van der Waals surface area contributed by atoms with Crippen LogP contribution in [-0.4, -0.2) is 17.6 Å². The van der Waals surface area contributed by atoms with Crippen LogP contribution in [0.5, 0.6) is 0 Å². The zero-order chi connectivity index (χ0) is 13.2. The highest BCUT2D eigenvalue weighted by Gasteiger charge is 2.23. The Balaban J connectivity index is 1.80. The van der Waals surface area contributed by atoms with Gasteiger partial charge in [-0.25, -0.2) is 0 Å². The number of anilines is 1. The number of aromatic amines is 1. The van der Waals surface area contributed by atoms with Gasteiger partial charge < -0.3 is 16.0 Å². The lowest BCUT2D eigenvalue weighted by molar-refractivity contribution is 0.504. The molecule has 1 fully saturated rings. The van der Waals surface area contributed by atoms with Crippen LogP contribution in [0.2, 0.25) is 0 Å². The van der Waals surface area contributed by atoms with E-state index in [1.54, 1.807) is 6.07 Å². The van der Waals surface area contributed by atoms with Gasteiger partial charge in [-0.2, -0.15) is 0 Å². The van der Waals surface area contributed by atoms with Crippen LogP contribution in [0.25, 0.3) is 10.9 Å². The van der Waals surface area contributed by atoms with Crippen molar-refractivity contribution in [3.8, 4) is 0 Å². The highest BCUT2D eigenvalue weighted by molar-refractivity contribution is 5.79. The zero-order valence-corrected chi connectivity index (χ0v) is 10.9. The second-order valence-electron chi connectivity index (χ2n) is 5.33. The third kappa shape index (κ3) is 2.49. The Kier molecular flexibility index (Phi) is 3.25. The van der Waals surface area contributed by atoms with Crippen molar-refractivity contribution >= 4 is 16.7 Å². The molecule has 0 spiro atoms. The minimum Gasteiger partial charge on any atom is -0.371 e. The standard InChI is InChI=1S/C15H19N3O/c16-12-6-3-4-10(12)9-17-15-8-14(19)11-5-1-2-7-13(11)18-15/h1-2,5,7-8,10,12H,3-4,6,9,16H2,(H2,17,18,19)/t10?,12-/m0/s1. The summed E-state index contributed by atoms with van der Waals surface area (Å²) in [6.07, 6.45) is 3.49. The van der Waals surface area contributed by atoms with Crippen LogP contribution in [0.4, 0.5) is 5.82 Å². The van der Waals surface area contributed by atoms with E-state index in [9.17, 15) is 4.79 Å². The van der Waals surface area contributed by atoms with E-state index < -0.39 is 0 Å². The third-order valence-electron chi connectivity index (χ3n) is 4.01. The normalized spacial score (nSPS) is 22.8. The first-order valence-corrected chi connectivity index (χ1v) is 6.85. The van der Waals surface area contributed by atoms with Gasteiger partial charge >= 0.3 is 0 Å². The number of rotatable bonds is 3. The predicted molar refractivity (Wildman–Crippen MR) is 78.4 cm³/mol. The summed E-state index contributed by atoms with van der Waals surface area (Å²) < 4.78 is 0. The van der Waals surface area contributed by atoms with Crippen LogP contribution in [0.3, 0.4) is 0 Å². The number of pyridine rings is 1. The summed E-state index contributed by atoms with van der Waals surface area (Å²) in [6, 6.07) is 9.48. The Labute approximate surface area is 112 Å². The smallest absolute Gasteiger partial charge is 0.191 e. The van der Waals surface area contributed by atoms with Gasteiger partial charge in [-0.3, -0.25) is 4.79 Å². The quantitative estimate of drug-likeness (QED) is 0.788. The highest BCUT2D eigenvalue weighted by atomic mass is 16.1. The van der Waals surface area contributed by atoms with Crippen molar-refractivity contribution in [2.45, 2.75) is 25.3 Å². The Hall–Kier alpha value is -1.81. The summed E-state index contributed by atoms with van der Waals surface area (Å²) >= 11 is 0. The second-order valence-corrected chi connectivity index (χ2v) is 5.33. The molecule has 1 saturated carbocycles. The number of aromatic nitrogens is 1. The van der Waals surface area contributed by atoms with E-state index in [0.29, 0.717) is 12.0 Å². The highest BCUT2D eigenvalue weighted by Crippen LogP contribution is 2.24. The molecule has 1 heterocycles. The van der Waals surface area contributed by atoms with E-state index in [4.69, 9.17) is 5.73 Å². The Morgan fingerprint density at radius 2 is 2.16 bits per heavy atom. The maximum absolute atomic E-state index is 12.0. The van der Waals surface area contributed by atoms with Gasteiger partial charge in [0.1, 0.15) is 5.82 Å². The van der Waals surface area contributed by atoms with Gasteiger partial charge in [-0.1, -0.05) is 18.6 Å². The number of nitrogens with two attached hydrogens (primary N) is 1. The van der Waals surface area contributed by atoms with Gasteiger partial charge in [-0.05, 0) is 30.9 Å². The summed E-state index contributed by atoms with van der Waals surface area (Å²) in [4.78, 5) is 15.2. The predicted octanol–water partition coefficient (Wildman–Crippen LogP) is 2.07. The van der Waals surface area contributed by atoms with E-state index in [0.717, 1.165) is 29.7 Å². The van der Waals surface area contributed by atoms with Crippen molar-refractivity contribution in [3.05, 3.63) is 40.6 Å². The molecule has 4 N–H and O–H groups in total. The topological polar surface area (TPSA) is 70.9 Å². The molecule has 19 heavy (non-hydrogen) atoms. The van der Waals surface area contributed by atoms with E-state index >= 15 is 0 Å². The van der Waals surface area contributed by atoms with Crippen molar-refractivity contribution in [1.29, 1.82) is 0 Å². The summed E-state index contributed by atoms with van der Waals surface area (Å²) in [7, 11) is 0. The van der Waals surface area contributed by atoms with E-state index in [1.807, 2.05) is 24.3 Å². The lowest BCUT2D eigenvalue weighted by Crippen LogP contribution is -2.30. The van der Waals surface area contributed by atoms with Crippen LogP contribution in [0.15, 0.2) is 35.1 Å². The Bertz CT molecular complexity index is 635. The zero-order valence-electron chi connectivity index (χ0n) is 10.9. The van der Waals surface area contributed by atoms with Crippen molar-refractivity contribution < 1.29 is 0 Å². The fourth-order valence-corrected chi connectivity index (χ4v) is 2.85. The maximum Gasteiger partial charge on any atom is 0.191 e. The van der Waals surface area contributed by atoms with Crippen LogP contribution in [0, 0.1) is 5.92 Å². The van der Waals surface area contributed by atoms with Crippen molar-refractivity contribution in [1.82, 2.24) is 4.98 Å². The SMILES string of the molecule is N[C@H]1CCCC1CNc1cc(=O)c2ccccc2[nH]1. The van der Waals surface area contributed by atoms with Gasteiger partial charge in [0.2, 0.25) is 0 Å². The van der Waals surface area contributed by atoms with Gasteiger partial charge in [0.25, 0.3) is 0 Å². The second kappa shape index (κ2) is 5.05. The molecular formula is C15H19N3O. The molecule has 1 unspecified atom stereocenters. The molecular weight excluding hydrogens is 238 g/mol. The molecule has 0 bridgehead atoms. The number of para-hydroxylation sites is 1. The molecule has 2 atom stereocenters. The van der Waals surface area contributed by atoms with Crippen LogP contribution in [0.1, 0.15) is 19.3 Å². The molecule has 1 aliphatic carbocycles. The van der Waals surface area contributed by atoms with Gasteiger partial charge in [-0.15, -0.1) is 0 Å². The molecule has 0 saturated heterocycles. The molecule has 0 radical (unpaired) electrons. The van der Waals surface area contributed by atoms with Gasteiger partial charge in [0.05, 0.1) is 5.52 Å². The summed E-state index contributed by atoms with van der Waals surface area (Å²) in [5.41, 5.74) is 6.97. The number of hydrogen-bond acceptors (Lipinski definition) is 3. The molecule has 4 nitrogen and oxygen atoms in total. The van der Waals surface area contributed by atoms with E-state index in [1.165, 1.54) is 12.8 Å². The van der Waals surface area contributed by atoms with Gasteiger partial charge in [0.15, 0.2) is 5.43 Å². The molecule has 1 aromatic carbocycles. The number of nitrogens with one attached hydrogen (secondary N) is 2. The van der Waals surface area contributed by atoms with E-state index in [-0.39, 0.29) is 5.43 Å². The molecule has 2 aromatic rings. The summed E-state index contributed by atoms with van der Waals surface area (Å²) in [6.45, 7) is 0.829. The minimum atomic E-state index is 0.0487. The van der Waals surface area contributed by atoms with Gasteiger partial charge in [0, 0.05) is 24.0 Å². The first-order chi connectivity index (χ1) is 9.24. The van der Waals surface area contributed by atoms with Crippen molar-refractivity contribution in [3.63, 3.8) is 0 Å². The van der Waals surface area contributed by atoms with E-state index in [2.05, 4.69) is 10.3 Å². The fourth-order valence-electron chi connectivity index (χ4n) is 2.85. The monoisotopic (exact) mass is 257 g/mol. The largest absolute Gasteiger partial charge is 0.371 e. The first kappa shape index (κ1) is 12.2. The molecule has 3 rings (SSSR count). The molecule has 1 aromatic heterocycles. The average Bonchev–Trinajstić information content (AvgIpc) is 2.82.